The average Bonchev–Trinajstić information content (AvgIpc) is 3.43. The van der Waals surface area contributed by atoms with Crippen LogP contribution in [-0.2, 0) is 19.1 Å². The molecule has 0 radical (unpaired) electrons. The van der Waals surface area contributed by atoms with E-state index in [0.717, 1.165) is 66.3 Å². The highest BCUT2D eigenvalue weighted by molar-refractivity contribution is 6.42. The van der Waals surface area contributed by atoms with Crippen molar-refractivity contribution in [3.05, 3.63) is 129 Å². The number of carbonyl (C=O) groups is 3. The van der Waals surface area contributed by atoms with Gasteiger partial charge in [0.2, 0.25) is 11.8 Å². The van der Waals surface area contributed by atoms with Crippen LogP contribution in [0.1, 0.15) is 92.1 Å². The largest absolute Gasteiger partial charge is 0.452 e. The lowest BCUT2D eigenvalue weighted by Gasteiger charge is -2.23. The van der Waals surface area contributed by atoms with Gasteiger partial charge in [-0.1, -0.05) is 127 Å². The monoisotopic (exact) mass is 698 g/mol. The summed E-state index contributed by atoms with van der Waals surface area (Å²) in [6.07, 6.45) is 5.62. The molecule has 0 saturated heterocycles. The molecule has 4 aromatic rings. The van der Waals surface area contributed by atoms with Crippen LogP contribution in [0.25, 0.3) is 11.1 Å². The van der Waals surface area contributed by atoms with Crippen molar-refractivity contribution >= 4 is 41.0 Å². The topological polar surface area (TPSA) is 75.7 Å². The predicted octanol–water partition coefficient (Wildman–Crippen LogP) is 9.52. The van der Waals surface area contributed by atoms with Crippen LogP contribution in [0.5, 0.6) is 0 Å². The number of unbranched alkanes of at least 4 members (excludes halogenated alkanes) is 4. The highest BCUT2D eigenvalue weighted by Crippen LogP contribution is 2.45. The van der Waals surface area contributed by atoms with Crippen molar-refractivity contribution < 1.29 is 19.1 Å². The number of amides is 2. The van der Waals surface area contributed by atoms with Crippen LogP contribution < -0.4 is 5.32 Å². The van der Waals surface area contributed by atoms with Crippen LogP contribution in [0, 0.1) is 0 Å². The molecule has 256 valence electrons. The molecule has 1 aliphatic carbocycles. The van der Waals surface area contributed by atoms with Crippen molar-refractivity contribution in [1.82, 2.24) is 10.2 Å². The van der Waals surface area contributed by atoms with Crippen molar-refractivity contribution in [2.75, 3.05) is 20.1 Å². The van der Waals surface area contributed by atoms with Crippen molar-refractivity contribution in [2.24, 2.45) is 0 Å². The second-order valence-corrected chi connectivity index (χ2v) is 13.5. The van der Waals surface area contributed by atoms with Crippen LogP contribution in [0.2, 0.25) is 10.0 Å². The van der Waals surface area contributed by atoms with Gasteiger partial charge in [0, 0.05) is 50.0 Å². The third-order valence-corrected chi connectivity index (χ3v) is 9.94. The van der Waals surface area contributed by atoms with Crippen LogP contribution in [0.3, 0.4) is 0 Å². The molecule has 1 aliphatic rings. The molecule has 1 unspecified atom stereocenters. The molecule has 6 nitrogen and oxygen atoms in total. The first-order chi connectivity index (χ1) is 23.8. The lowest BCUT2D eigenvalue weighted by molar-refractivity contribution is -0.148. The Kier molecular flexibility index (Phi) is 13.3. The number of rotatable bonds is 17. The van der Waals surface area contributed by atoms with Crippen molar-refractivity contribution in [2.45, 2.75) is 69.8 Å². The van der Waals surface area contributed by atoms with Gasteiger partial charge in [0.15, 0.2) is 6.10 Å². The molecule has 4 aromatic carbocycles. The fourth-order valence-electron chi connectivity index (χ4n) is 6.47. The first kappa shape index (κ1) is 36.2. The fraction of sp³-hybridized carbons (Fsp3) is 0.341. The molecule has 1 atom stereocenters. The second kappa shape index (κ2) is 18.0. The Labute approximate surface area is 299 Å². The molecular formula is C41H44Cl2N2O4. The van der Waals surface area contributed by atoms with Crippen LogP contribution in [0.4, 0.5) is 0 Å². The quantitative estimate of drug-likeness (QED) is 0.0880. The number of benzene rings is 4. The molecule has 0 heterocycles. The molecule has 0 aliphatic heterocycles. The van der Waals surface area contributed by atoms with Gasteiger partial charge in [-0.15, -0.1) is 0 Å². The van der Waals surface area contributed by atoms with Gasteiger partial charge in [-0.2, -0.15) is 0 Å². The summed E-state index contributed by atoms with van der Waals surface area (Å²) >= 11 is 12.5. The van der Waals surface area contributed by atoms with Gasteiger partial charge < -0.3 is 15.0 Å². The van der Waals surface area contributed by atoms with Gasteiger partial charge >= 0.3 is 5.97 Å². The van der Waals surface area contributed by atoms with E-state index in [1.54, 1.807) is 0 Å². The Balaban J connectivity index is 0.930. The van der Waals surface area contributed by atoms with E-state index in [-0.39, 0.29) is 36.5 Å². The van der Waals surface area contributed by atoms with Crippen molar-refractivity contribution in [3.8, 4) is 11.1 Å². The smallest absolute Gasteiger partial charge is 0.307 e. The number of nitrogens with one attached hydrogen (secondary N) is 1. The van der Waals surface area contributed by atoms with E-state index in [9.17, 15) is 14.4 Å². The standard InChI is InChI=1S/C41H44Cl2N2O4/c1-45(27-25-31(29-14-6-5-7-15-29)30-21-22-36(42)37(43)28-30)39(47)20-8-3-2-4-13-26-44-38(46)23-24-40(48)49-41-34-18-11-9-16-32(34)33-17-10-12-19-35(33)41/h5-7,9-12,14-19,21-22,28,31,41H,2-4,8,13,20,23-27H2,1H3,(H,44,46). The Bertz CT molecular complexity index is 1680. The molecule has 49 heavy (non-hydrogen) atoms. The summed E-state index contributed by atoms with van der Waals surface area (Å²) in [4.78, 5) is 39.7. The Morgan fingerprint density at radius 3 is 2.04 bits per heavy atom. The number of hydrogen-bond acceptors (Lipinski definition) is 4. The molecular weight excluding hydrogens is 655 g/mol. The molecule has 8 heteroatoms. The maximum absolute atomic E-state index is 12.9. The maximum atomic E-state index is 12.9. The van der Waals surface area contributed by atoms with E-state index >= 15 is 0 Å². The van der Waals surface area contributed by atoms with Gasteiger partial charge in [-0.3, -0.25) is 14.4 Å². The molecule has 5 rings (SSSR count). The number of carbonyl (C=O) groups excluding carboxylic acids is 3. The Hall–Kier alpha value is -4.13. The average molecular weight is 700 g/mol. The van der Waals surface area contributed by atoms with Gasteiger partial charge in [0.25, 0.3) is 0 Å². The normalized spacial score (nSPS) is 12.6. The fourth-order valence-corrected chi connectivity index (χ4v) is 6.78. The number of hydrogen-bond donors (Lipinski definition) is 1. The maximum Gasteiger partial charge on any atom is 0.307 e. The van der Waals surface area contributed by atoms with Gasteiger partial charge in [0.1, 0.15) is 0 Å². The van der Waals surface area contributed by atoms with Crippen LogP contribution in [0.15, 0.2) is 97.1 Å². The van der Waals surface area contributed by atoms with E-state index in [4.69, 9.17) is 27.9 Å². The molecule has 0 fully saturated rings. The highest BCUT2D eigenvalue weighted by Gasteiger charge is 2.31. The van der Waals surface area contributed by atoms with Crippen molar-refractivity contribution in [1.29, 1.82) is 0 Å². The number of esters is 1. The molecule has 0 saturated carbocycles. The van der Waals surface area contributed by atoms with Gasteiger partial charge in [-0.05, 0) is 53.6 Å². The SMILES string of the molecule is CN(CCC(c1ccccc1)c1ccc(Cl)c(Cl)c1)C(=O)CCCCCCCNC(=O)CCC(=O)OC1c2ccccc2-c2ccccc21. The number of nitrogens with zero attached hydrogens (tertiary/aromatic N) is 1. The van der Waals surface area contributed by atoms with E-state index in [2.05, 4.69) is 17.4 Å². The van der Waals surface area contributed by atoms with Crippen LogP contribution >= 0.6 is 23.2 Å². The number of fused-ring (bicyclic) bond motifs is 3. The lowest BCUT2D eigenvalue weighted by Crippen LogP contribution is -2.28. The summed E-state index contributed by atoms with van der Waals surface area (Å²) in [5.41, 5.74) is 6.38. The number of ether oxygens (including phenoxy) is 1. The molecule has 2 amide bonds. The minimum atomic E-state index is -0.439. The predicted molar refractivity (Wildman–Crippen MR) is 197 cm³/mol. The summed E-state index contributed by atoms with van der Waals surface area (Å²) in [5.74, 6) is -0.275. The molecule has 1 N–H and O–H groups in total. The summed E-state index contributed by atoms with van der Waals surface area (Å²) in [5, 5.41) is 3.98. The molecule has 0 bridgehead atoms. The summed E-state index contributed by atoms with van der Waals surface area (Å²) in [6.45, 7) is 1.21. The van der Waals surface area contributed by atoms with Gasteiger partial charge in [-0.25, -0.2) is 0 Å². The van der Waals surface area contributed by atoms with E-state index in [1.807, 2.05) is 96.9 Å². The van der Waals surface area contributed by atoms with Crippen LogP contribution in [-0.4, -0.2) is 42.8 Å². The highest BCUT2D eigenvalue weighted by atomic mass is 35.5. The minimum Gasteiger partial charge on any atom is -0.452 e. The van der Waals surface area contributed by atoms with E-state index < -0.39 is 6.10 Å². The zero-order chi connectivity index (χ0) is 34.6. The Morgan fingerprint density at radius 2 is 1.35 bits per heavy atom. The third-order valence-electron chi connectivity index (χ3n) is 9.20. The minimum absolute atomic E-state index is 0.0392. The van der Waals surface area contributed by atoms with Crippen molar-refractivity contribution in [3.63, 3.8) is 0 Å². The summed E-state index contributed by atoms with van der Waals surface area (Å²) in [6, 6.07) is 31.9. The third kappa shape index (κ3) is 9.96. The zero-order valence-corrected chi connectivity index (χ0v) is 29.5. The molecule has 0 aromatic heterocycles. The van der Waals surface area contributed by atoms with Gasteiger partial charge in [0.05, 0.1) is 16.5 Å². The summed E-state index contributed by atoms with van der Waals surface area (Å²) in [7, 11) is 1.87. The first-order valence-electron chi connectivity index (χ1n) is 17.2. The first-order valence-corrected chi connectivity index (χ1v) is 18.0. The molecule has 0 spiro atoms. The zero-order valence-electron chi connectivity index (χ0n) is 28.0. The van der Waals surface area contributed by atoms with E-state index in [0.29, 0.717) is 29.6 Å². The summed E-state index contributed by atoms with van der Waals surface area (Å²) < 4.78 is 5.84. The van der Waals surface area contributed by atoms with E-state index in [1.165, 1.54) is 5.56 Å². The second-order valence-electron chi connectivity index (χ2n) is 12.7. The lowest BCUT2D eigenvalue weighted by atomic mass is 9.88. The Morgan fingerprint density at radius 1 is 0.714 bits per heavy atom. The number of halogens is 2.